The zero-order valence-electron chi connectivity index (χ0n) is 7.59. The number of aromatic nitrogens is 2. The third-order valence-corrected chi connectivity index (χ3v) is 3.73. The molecule has 0 bridgehead atoms. The quantitative estimate of drug-likeness (QED) is 0.821. The molecular formula is C8H8BrN3O2S. The van der Waals surface area contributed by atoms with Crippen molar-refractivity contribution in [2.75, 3.05) is 11.1 Å². The molecule has 1 unspecified atom stereocenters. The Morgan fingerprint density at radius 2 is 2.27 bits per heavy atom. The first-order valence-electron chi connectivity index (χ1n) is 4.20. The fourth-order valence-electron chi connectivity index (χ4n) is 1.27. The van der Waals surface area contributed by atoms with E-state index in [2.05, 4.69) is 31.2 Å². The number of sulfone groups is 1. The lowest BCUT2D eigenvalue weighted by Gasteiger charge is -2.09. The van der Waals surface area contributed by atoms with E-state index in [4.69, 9.17) is 0 Å². The van der Waals surface area contributed by atoms with Crippen LogP contribution < -0.4 is 5.32 Å². The predicted molar refractivity (Wildman–Crippen MR) is 60.1 cm³/mol. The molecule has 5 nitrogen and oxygen atoms in total. The van der Waals surface area contributed by atoms with E-state index >= 15 is 0 Å². The van der Waals surface area contributed by atoms with Gasteiger partial charge in [0.2, 0.25) is 0 Å². The molecule has 0 aliphatic carbocycles. The molecule has 0 aromatic carbocycles. The van der Waals surface area contributed by atoms with Crippen molar-refractivity contribution >= 4 is 31.6 Å². The van der Waals surface area contributed by atoms with Crippen molar-refractivity contribution in [2.24, 2.45) is 0 Å². The third kappa shape index (κ3) is 2.75. The lowest BCUT2D eigenvalue weighted by atomic mass is 10.3. The summed E-state index contributed by atoms with van der Waals surface area (Å²) in [7, 11) is -3.02. The summed E-state index contributed by atoms with van der Waals surface area (Å²) in [6.45, 7) is 0. The van der Waals surface area contributed by atoms with Gasteiger partial charge in [-0.25, -0.2) is 18.4 Å². The molecule has 0 fully saturated rings. The van der Waals surface area contributed by atoms with Gasteiger partial charge in [0.05, 0.1) is 11.8 Å². The van der Waals surface area contributed by atoms with Crippen LogP contribution in [0.15, 0.2) is 28.5 Å². The Bertz CT molecular complexity index is 500. The van der Waals surface area contributed by atoms with Gasteiger partial charge >= 0.3 is 0 Å². The van der Waals surface area contributed by atoms with Gasteiger partial charge in [0.1, 0.15) is 16.7 Å². The number of halogens is 1. The largest absolute Gasteiger partial charge is 0.363 e. The fraction of sp³-hybridized carbons (Fsp3) is 0.250. The average molecular weight is 290 g/mol. The molecule has 7 heteroatoms. The van der Waals surface area contributed by atoms with E-state index in [1.54, 1.807) is 12.1 Å². The van der Waals surface area contributed by atoms with Gasteiger partial charge in [-0.15, -0.1) is 0 Å². The number of hydrogen-bond acceptors (Lipinski definition) is 5. The van der Waals surface area contributed by atoms with Crippen molar-refractivity contribution in [3.05, 3.63) is 28.5 Å². The highest BCUT2D eigenvalue weighted by molar-refractivity contribution is 9.10. The van der Waals surface area contributed by atoms with Gasteiger partial charge in [0, 0.05) is 11.5 Å². The topological polar surface area (TPSA) is 72.0 Å². The summed E-state index contributed by atoms with van der Waals surface area (Å²) in [5.74, 6) is 0.679. The maximum absolute atomic E-state index is 11.1. The van der Waals surface area contributed by atoms with Crippen LogP contribution in [-0.4, -0.2) is 30.2 Å². The number of rotatable bonds is 2. The Kier molecular flexibility index (Phi) is 2.74. The summed E-state index contributed by atoms with van der Waals surface area (Å²) in [5, 5.41) is 4.21. The van der Waals surface area contributed by atoms with Crippen LogP contribution in [0.1, 0.15) is 0 Å². The first-order chi connectivity index (χ1) is 7.05. The zero-order chi connectivity index (χ0) is 10.9. The highest BCUT2D eigenvalue weighted by Crippen LogP contribution is 2.15. The molecule has 1 N–H and O–H groups in total. The average Bonchev–Trinajstić information content (AvgIpc) is 2.45. The minimum Gasteiger partial charge on any atom is -0.363 e. The minimum atomic E-state index is -3.02. The molecule has 0 saturated heterocycles. The first kappa shape index (κ1) is 10.6. The highest BCUT2D eigenvalue weighted by atomic mass is 79.9. The van der Waals surface area contributed by atoms with E-state index in [1.807, 2.05) is 0 Å². The molecule has 0 amide bonds. The van der Waals surface area contributed by atoms with Crippen LogP contribution >= 0.6 is 15.9 Å². The molecule has 15 heavy (non-hydrogen) atoms. The molecule has 1 aromatic rings. The van der Waals surface area contributed by atoms with E-state index < -0.39 is 9.84 Å². The van der Waals surface area contributed by atoms with Crippen molar-refractivity contribution in [1.29, 1.82) is 0 Å². The Balaban J connectivity index is 2.09. The van der Waals surface area contributed by atoms with E-state index in [1.165, 1.54) is 11.7 Å². The highest BCUT2D eigenvalue weighted by Gasteiger charge is 2.21. The van der Waals surface area contributed by atoms with Crippen LogP contribution in [0.3, 0.4) is 0 Å². The number of anilines is 1. The number of nitrogens with zero attached hydrogens (tertiary/aromatic N) is 2. The Morgan fingerprint density at radius 3 is 2.87 bits per heavy atom. The van der Waals surface area contributed by atoms with Crippen molar-refractivity contribution in [3.8, 4) is 0 Å². The van der Waals surface area contributed by atoms with E-state index in [0.717, 1.165) is 0 Å². The number of hydrogen-bond donors (Lipinski definition) is 1. The summed E-state index contributed by atoms with van der Waals surface area (Å²) in [6, 6.07) is 1.48. The third-order valence-electron chi connectivity index (χ3n) is 1.90. The molecular weight excluding hydrogens is 282 g/mol. The molecule has 80 valence electrons. The molecule has 2 rings (SSSR count). The molecule has 0 saturated carbocycles. The van der Waals surface area contributed by atoms with Crippen LogP contribution in [0.25, 0.3) is 0 Å². The van der Waals surface area contributed by atoms with Crippen molar-refractivity contribution in [2.45, 2.75) is 6.04 Å². The van der Waals surface area contributed by atoms with Gasteiger partial charge in [-0.1, -0.05) is 0 Å². The molecule has 2 heterocycles. The van der Waals surface area contributed by atoms with Gasteiger partial charge < -0.3 is 5.32 Å². The SMILES string of the molecule is O=S1(=O)C=CC(Nc2cc(Br)ncn2)C1. The smallest absolute Gasteiger partial charge is 0.173 e. The summed E-state index contributed by atoms with van der Waals surface area (Å²) >= 11 is 3.21. The standard InChI is InChI=1S/C8H8BrN3O2S/c9-7-3-8(11-5-10-7)12-6-1-2-15(13,14)4-6/h1-3,5-6H,4H2,(H,10,11,12). The van der Waals surface area contributed by atoms with Crippen LogP contribution in [0.4, 0.5) is 5.82 Å². The maximum Gasteiger partial charge on any atom is 0.173 e. The first-order valence-corrected chi connectivity index (χ1v) is 6.71. The Morgan fingerprint density at radius 1 is 1.47 bits per heavy atom. The van der Waals surface area contributed by atoms with E-state index in [0.29, 0.717) is 10.4 Å². The Labute approximate surface area is 95.7 Å². The van der Waals surface area contributed by atoms with Crippen LogP contribution in [-0.2, 0) is 9.84 Å². The van der Waals surface area contributed by atoms with Gasteiger partial charge in [0.15, 0.2) is 9.84 Å². The number of nitrogens with one attached hydrogen (secondary N) is 1. The fourth-order valence-corrected chi connectivity index (χ4v) is 2.81. The molecule has 0 radical (unpaired) electrons. The van der Waals surface area contributed by atoms with Crippen LogP contribution in [0.5, 0.6) is 0 Å². The lowest BCUT2D eigenvalue weighted by Crippen LogP contribution is -2.21. The van der Waals surface area contributed by atoms with E-state index in [9.17, 15) is 8.42 Å². The predicted octanol–water partition coefficient (Wildman–Crippen LogP) is 0.962. The maximum atomic E-state index is 11.1. The molecule has 1 aliphatic rings. The molecule has 1 aromatic heterocycles. The summed E-state index contributed by atoms with van der Waals surface area (Å²) in [5.41, 5.74) is 0. The van der Waals surface area contributed by atoms with Gasteiger partial charge in [-0.05, 0) is 22.0 Å². The lowest BCUT2D eigenvalue weighted by molar-refractivity contribution is 0.605. The summed E-state index contributed by atoms with van der Waals surface area (Å²) in [6.07, 6.45) is 3.02. The van der Waals surface area contributed by atoms with Crippen LogP contribution in [0, 0.1) is 0 Å². The van der Waals surface area contributed by atoms with Crippen molar-refractivity contribution < 1.29 is 8.42 Å². The second kappa shape index (κ2) is 3.90. The second-order valence-corrected chi connectivity index (χ2v) is 5.88. The van der Waals surface area contributed by atoms with Crippen molar-refractivity contribution in [1.82, 2.24) is 9.97 Å². The van der Waals surface area contributed by atoms with Crippen LogP contribution in [0.2, 0.25) is 0 Å². The monoisotopic (exact) mass is 289 g/mol. The normalized spacial score (nSPS) is 22.9. The second-order valence-electron chi connectivity index (χ2n) is 3.13. The van der Waals surface area contributed by atoms with Gasteiger partial charge in [-0.3, -0.25) is 0 Å². The molecule has 0 spiro atoms. The Hall–Kier alpha value is -0.950. The van der Waals surface area contributed by atoms with Crippen molar-refractivity contribution in [3.63, 3.8) is 0 Å². The minimum absolute atomic E-state index is 0.0780. The molecule has 1 atom stereocenters. The summed E-state index contributed by atoms with van der Waals surface area (Å²) in [4.78, 5) is 7.84. The van der Waals surface area contributed by atoms with E-state index in [-0.39, 0.29) is 11.8 Å². The van der Waals surface area contributed by atoms with Gasteiger partial charge in [0.25, 0.3) is 0 Å². The summed E-state index contributed by atoms with van der Waals surface area (Å²) < 4.78 is 22.9. The molecule has 1 aliphatic heterocycles. The zero-order valence-corrected chi connectivity index (χ0v) is 9.99. The van der Waals surface area contributed by atoms with Gasteiger partial charge in [-0.2, -0.15) is 0 Å².